The van der Waals surface area contributed by atoms with E-state index in [4.69, 9.17) is 0 Å². The van der Waals surface area contributed by atoms with Crippen LogP contribution in [-0.2, 0) is 11.3 Å². The molecule has 2 N–H and O–H groups in total. The monoisotopic (exact) mass is 278 g/mol. The summed E-state index contributed by atoms with van der Waals surface area (Å²) in [6.07, 6.45) is 6.81. The maximum Gasteiger partial charge on any atom is 0.354 e. The molecule has 112 valence electrons. The van der Waals surface area contributed by atoms with Crippen molar-refractivity contribution in [3.63, 3.8) is 0 Å². The second kappa shape index (κ2) is 7.48. The number of aromatic nitrogens is 1. The molecular weight excluding hydrogens is 252 g/mol. The molecule has 1 saturated carbocycles. The van der Waals surface area contributed by atoms with Crippen molar-refractivity contribution in [2.45, 2.75) is 45.6 Å². The van der Waals surface area contributed by atoms with Crippen molar-refractivity contribution in [3.05, 3.63) is 23.5 Å². The zero-order valence-electron chi connectivity index (χ0n) is 12.6. The number of hydrogen-bond donors (Lipinski definition) is 2. The molecule has 0 spiro atoms. The predicted octanol–water partition coefficient (Wildman–Crippen LogP) is 3.11. The van der Waals surface area contributed by atoms with Gasteiger partial charge in [-0.25, -0.2) is 4.79 Å². The number of nitrogens with one attached hydrogen (secondary N) is 2. The van der Waals surface area contributed by atoms with Crippen LogP contribution in [0.4, 0.5) is 0 Å². The average molecular weight is 278 g/mol. The lowest BCUT2D eigenvalue weighted by molar-refractivity contribution is 0.0594. The number of carbonyl (C=O) groups excluding carboxylic acids is 1. The van der Waals surface area contributed by atoms with Gasteiger partial charge in [0.15, 0.2) is 0 Å². The lowest BCUT2D eigenvalue weighted by Gasteiger charge is -2.27. The van der Waals surface area contributed by atoms with Crippen molar-refractivity contribution in [3.8, 4) is 0 Å². The maximum absolute atomic E-state index is 11.3. The fraction of sp³-hybridized carbons (Fsp3) is 0.688. The number of aromatic amines is 1. The first kappa shape index (κ1) is 15.1. The van der Waals surface area contributed by atoms with Gasteiger partial charge in [0.05, 0.1) is 7.11 Å². The lowest BCUT2D eigenvalue weighted by atomic mass is 9.81. The molecule has 1 aliphatic rings. The second-order valence-electron chi connectivity index (χ2n) is 5.81. The summed E-state index contributed by atoms with van der Waals surface area (Å²) in [6.45, 7) is 4.15. The first-order valence-corrected chi connectivity index (χ1v) is 7.69. The molecule has 1 aromatic rings. The van der Waals surface area contributed by atoms with Crippen molar-refractivity contribution in [1.29, 1.82) is 0 Å². The molecule has 4 heteroatoms. The fourth-order valence-corrected chi connectivity index (χ4v) is 3.03. The van der Waals surface area contributed by atoms with Crippen LogP contribution in [-0.4, -0.2) is 24.6 Å². The highest BCUT2D eigenvalue weighted by Gasteiger charge is 2.19. The van der Waals surface area contributed by atoms with E-state index in [1.165, 1.54) is 39.2 Å². The van der Waals surface area contributed by atoms with Crippen LogP contribution in [0.2, 0.25) is 0 Å². The summed E-state index contributed by atoms with van der Waals surface area (Å²) < 4.78 is 4.68. The van der Waals surface area contributed by atoms with Gasteiger partial charge >= 0.3 is 5.97 Å². The Morgan fingerprint density at radius 3 is 2.65 bits per heavy atom. The standard InChI is InChI=1S/C16H26N2O2/c1-3-12-4-6-13(7-5-12)10-17-11-14-8-9-15(18-14)16(19)20-2/h8-9,12-13,17-18H,3-7,10-11H2,1-2H3. The van der Waals surface area contributed by atoms with Gasteiger partial charge in [0.25, 0.3) is 0 Å². The van der Waals surface area contributed by atoms with Crippen LogP contribution >= 0.6 is 0 Å². The van der Waals surface area contributed by atoms with Gasteiger partial charge in [0.1, 0.15) is 5.69 Å². The van der Waals surface area contributed by atoms with Crippen molar-refractivity contribution in [2.75, 3.05) is 13.7 Å². The van der Waals surface area contributed by atoms with Gasteiger partial charge in [0, 0.05) is 12.2 Å². The van der Waals surface area contributed by atoms with E-state index in [1.807, 2.05) is 6.07 Å². The molecule has 0 amide bonds. The van der Waals surface area contributed by atoms with Gasteiger partial charge in [-0.3, -0.25) is 0 Å². The highest BCUT2D eigenvalue weighted by atomic mass is 16.5. The molecule has 0 aliphatic heterocycles. The molecule has 1 heterocycles. The van der Waals surface area contributed by atoms with Crippen LogP contribution in [0.5, 0.6) is 0 Å². The van der Waals surface area contributed by atoms with Crippen LogP contribution in [0.15, 0.2) is 12.1 Å². The SMILES string of the molecule is CCC1CCC(CNCc2ccc(C(=O)OC)[nH]2)CC1. The Morgan fingerprint density at radius 1 is 1.30 bits per heavy atom. The van der Waals surface area contributed by atoms with E-state index in [0.717, 1.165) is 30.6 Å². The molecule has 0 radical (unpaired) electrons. The quantitative estimate of drug-likeness (QED) is 0.786. The highest BCUT2D eigenvalue weighted by Crippen LogP contribution is 2.30. The van der Waals surface area contributed by atoms with Crippen LogP contribution < -0.4 is 5.32 Å². The number of esters is 1. The molecule has 0 aromatic carbocycles. The fourth-order valence-electron chi connectivity index (χ4n) is 3.03. The van der Waals surface area contributed by atoms with Gasteiger partial charge < -0.3 is 15.0 Å². The van der Waals surface area contributed by atoms with E-state index in [1.54, 1.807) is 6.07 Å². The van der Waals surface area contributed by atoms with Gasteiger partial charge in [-0.15, -0.1) is 0 Å². The molecule has 0 atom stereocenters. The first-order chi connectivity index (χ1) is 9.72. The van der Waals surface area contributed by atoms with Gasteiger partial charge in [-0.1, -0.05) is 26.2 Å². The first-order valence-electron chi connectivity index (χ1n) is 7.69. The van der Waals surface area contributed by atoms with E-state index in [2.05, 4.69) is 22.0 Å². The number of carbonyl (C=O) groups is 1. The van der Waals surface area contributed by atoms with Crippen LogP contribution in [0.1, 0.15) is 55.2 Å². The smallest absolute Gasteiger partial charge is 0.354 e. The molecular formula is C16H26N2O2. The highest BCUT2D eigenvalue weighted by molar-refractivity contribution is 5.87. The maximum atomic E-state index is 11.3. The Kier molecular flexibility index (Phi) is 5.65. The number of ether oxygens (including phenoxy) is 1. The molecule has 4 nitrogen and oxygen atoms in total. The Labute approximate surface area is 121 Å². The molecule has 20 heavy (non-hydrogen) atoms. The number of hydrogen-bond acceptors (Lipinski definition) is 3. The third-order valence-electron chi connectivity index (χ3n) is 4.44. The summed E-state index contributed by atoms with van der Waals surface area (Å²) in [5, 5.41) is 3.49. The topological polar surface area (TPSA) is 54.1 Å². The van der Waals surface area contributed by atoms with E-state index in [-0.39, 0.29) is 5.97 Å². The third-order valence-corrected chi connectivity index (χ3v) is 4.44. The van der Waals surface area contributed by atoms with Gasteiger partial charge in [0.2, 0.25) is 0 Å². The minimum Gasteiger partial charge on any atom is -0.464 e. The van der Waals surface area contributed by atoms with E-state index >= 15 is 0 Å². The van der Waals surface area contributed by atoms with Crippen molar-refractivity contribution < 1.29 is 9.53 Å². The molecule has 1 fully saturated rings. The number of rotatable bonds is 6. The van der Waals surface area contributed by atoms with Crippen LogP contribution in [0, 0.1) is 11.8 Å². The summed E-state index contributed by atoms with van der Waals surface area (Å²) >= 11 is 0. The molecule has 1 aliphatic carbocycles. The summed E-state index contributed by atoms with van der Waals surface area (Å²) in [5.74, 6) is 1.46. The van der Waals surface area contributed by atoms with Gasteiger partial charge in [-0.2, -0.15) is 0 Å². The van der Waals surface area contributed by atoms with Crippen molar-refractivity contribution in [1.82, 2.24) is 10.3 Å². The summed E-state index contributed by atoms with van der Waals surface area (Å²) in [7, 11) is 1.40. The van der Waals surface area contributed by atoms with Crippen LogP contribution in [0.3, 0.4) is 0 Å². The Bertz CT molecular complexity index is 420. The average Bonchev–Trinajstić information content (AvgIpc) is 2.96. The third kappa shape index (κ3) is 4.10. The molecule has 2 rings (SSSR count). The largest absolute Gasteiger partial charge is 0.464 e. The van der Waals surface area contributed by atoms with Gasteiger partial charge in [-0.05, 0) is 43.4 Å². The zero-order chi connectivity index (χ0) is 14.4. The minimum atomic E-state index is -0.311. The predicted molar refractivity (Wildman–Crippen MR) is 79.6 cm³/mol. The summed E-state index contributed by atoms with van der Waals surface area (Å²) in [6, 6.07) is 3.71. The summed E-state index contributed by atoms with van der Waals surface area (Å²) in [5.41, 5.74) is 1.56. The Morgan fingerprint density at radius 2 is 2.00 bits per heavy atom. The summed E-state index contributed by atoms with van der Waals surface area (Å²) in [4.78, 5) is 14.4. The number of methoxy groups -OCH3 is 1. The van der Waals surface area contributed by atoms with E-state index in [9.17, 15) is 4.79 Å². The number of H-pyrrole nitrogens is 1. The van der Waals surface area contributed by atoms with E-state index in [0.29, 0.717) is 5.69 Å². The Balaban J connectivity index is 1.68. The minimum absolute atomic E-state index is 0.311. The van der Waals surface area contributed by atoms with Crippen molar-refractivity contribution in [2.24, 2.45) is 11.8 Å². The second-order valence-corrected chi connectivity index (χ2v) is 5.81. The lowest BCUT2D eigenvalue weighted by Crippen LogP contribution is -2.26. The van der Waals surface area contributed by atoms with E-state index < -0.39 is 0 Å². The molecule has 0 bridgehead atoms. The molecule has 0 saturated heterocycles. The Hall–Kier alpha value is -1.29. The molecule has 1 aromatic heterocycles. The van der Waals surface area contributed by atoms with Crippen LogP contribution in [0.25, 0.3) is 0 Å². The van der Waals surface area contributed by atoms with Crippen molar-refractivity contribution >= 4 is 5.97 Å². The normalized spacial score (nSPS) is 22.7. The zero-order valence-corrected chi connectivity index (χ0v) is 12.6. The molecule has 0 unspecified atom stereocenters.